The third kappa shape index (κ3) is 3.34. The van der Waals surface area contributed by atoms with Crippen LogP contribution in [0.5, 0.6) is 5.75 Å². The van der Waals surface area contributed by atoms with Gasteiger partial charge in [0.2, 0.25) is 0 Å². The zero-order chi connectivity index (χ0) is 13.0. The molecule has 1 atom stereocenters. The SMILES string of the molecule is CC(O)c1ccccc1OCc1cccc(Br)c1. The Kier molecular flexibility index (Phi) is 4.39. The fourth-order valence-electron chi connectivity index (χ4n) is 1.74. The smallest absolute Gasteiger partial charge is 0.125 e. The maximum Gasteiger partial charge on any atom is 0.125 e. The van der Waals surface area contributed by atoms with Gasteiger partial charge < -0.3 is 9.84 Å². The van der Waals surface area contributed by atoms with E-state index in [0.717, 1.165) is 21.3 Å². The molecule has 0 aliphatic rings. The van der Waals surface area contributed by atoms with Crippen LogP contribution in [0.25, 0.3) is 0 Å². The minimum Gasteiger partial charge on any atom is -0.489 e. The Morgan fingerprint density at radius 2 is 1.94 bits per heavy atom. The van der Waals surface area contributed by atoms with E-state index in [1.54, 1.807) is 6.92 Å². The second-order valence-electron chi connectivity index (χ2n) is 4.13. The topological polar surface area (TPSA) is 29.5 Å². The van der Waals surface area contributed by atoms with E-state index in [4.69, 9.17) is 4.74 Å². The van der Waals surface area contributed by atoms with Crippen LogP contribution in [0.2, 0.25) is 0 Å². The van der Waals surface area contributed by atoms with Gasteiger partial charge in [-0.2, -0.15) is 0 Å². The quantitative estimate of drug-likeness (QED) is 0.922. The molecular weight excluding hydrogens is 292 g/mol. The average Bonchev–Trinajstić information content (AvgIpc) is 2.37. The molecule has 1 N–H and O–H groups in total. The highest BCUT2D eigenvalue weighted by Gasteiger charge is 2.08. The van der Waals surface area contributed by atoms with E-state index in [0.29, 0.717) is 6.61 Å². The zero-order valence-corrected chi connectivity index (χ0v) is 11.7. The van der Waals surface area contributed by atoms with Crippen molar-refractivity contribution in [2.75, 3.05) is 0 Å². The second-order valence-corrected chi connectivity index (χ2v) is 5.05. The molecule has 0 aliphatic carbocycles. The summed E-state index contributed by atoms with van der Waals surface area (Å²) in [6.07, 6.45) is -0.524. The van der Waals surface area contributed by atoms with Crippen LogP contribution in [0.4, 0.5) is 0 Å². The largest absolute Gasteiger partial charge is 0.489 e. The molecule has 94 valence electrons. The van der Waals surface area contributed by atoms with Crippen LogP contribution >= 0.6 is 15.9 Å². The van der Waals surface area contributed by atoms with Crippen molar-refractivity contribution in [3.05, 3.63) is 64.1 Å². The van der Waals surface area contributed by atoms with Gasteiger partial charge in [0.1, 0.15) is 12.4 Å². The van der Waals surface area contributed by atoms with E-state index in [2.05, 4.69) is 15.9 Å². The second kappa shape index (κ2) is 6.03. The van der Waals surface area contributed by atoms with E-state index in [-0.39, 0.29) is 0 Å². The van der Waals surface area contributed by atoms with E-state index in [1.807, 2.05) is 48.5 Å². The van der Waals surface area contributed by atoms with Crippen LogP contribution in [0.1, 0.15) is 24.2 Å². The molecule has 1 unspecified atom stereocenters. The normalized spacial score (nSPS) is 12.2. The molecule has 0 heterocycles. The standard InChI is InChI=1S/C15H15BrO2/c1-11(17)14-7-2-3-8-15(14)18-10-12-5-4-6-13(16)9-12/h2-9,11,17H,10H2,1H3. The Bertz CT molecular complexity index is 523. The summed E-state index contributed by atoms with van der Waals surface area (Å²) >= 11 is 3.43. The van der Waals surface area contributed by atoms with Gasteiger partial charge in [-0.1, -0.05) is 46.3 Å². The molecule has 0 amide bonds. The zero-order valence-electron chi connectivity index (χ0n) is 10.1. The average molecular weight is 307 g/mol. The molecule has 2 nitrogen and oxygen atoms in total. The molecule has 0 bridgehead atoms. The highest BCUT2D eigenvalue weighted by Crippen LogP contribution is 2.25. The Morgan fingerprint density at radius 3 is 2.67 bits per heavy atom. The minimum atomic E-state index is -0.524. The number of halogens is 1. The van der Waals surface area contributed by atoms with Gasteiger partial charge in [0.25, 0.3) is 0 Å². The number of aliphatic hydroxyl groups is 1. The van der Waals surface area contributed by atoms with Gasteiger partial charge in [-0.05, 0) is 30.7 Å². The first-order chi connectivity index (χ1) is 8.66. The van der Waals surface area contributed by atoms with Crippen molar-refractivity contribution >= 4 is 15.9 Å². The molecule has 0 saturated carbocycles. The predicted octanol–water partition coefficient (Wildman–Crippen LogP) is 4.08. The summed E-state index contributed by atoms with van der Waals surface area (Å²) in [4.78, 5) is 0. The first kappa shape index (κ1) is 13.1. The van der Waals surface area contributed by atoms with E-state index >= 15 is 0 Å². The number of aliphatic hydroxyl groups excluding tert-OH is 1. The summed E-state index contributed by atoms with van der Waals surface area (Å²) in [6.45, 7) is 2.23. The summed E-state index contributed by atoms with van der Waals surface area (Å²) in [7, 11) is 0. The molecule has 2 aromatic rings. The molecule has 18 heavy (non-hydrogen) atoms. The minimum absolute atomic E-state index is 0.489. The fraction of sp³-hybridized carbons (Fsp3) is 0.200. The Labute approximate surface area is 115 Å². The molecule has 2 aromatic carbocycles. The summed E-state index contributed by atoms with van der Waals surface area (Å²) in [5.41, 5.74) is 1.90. The number of rotatable bonds is 4. The maximum atomic E-state index is 9.66. The number of hydrogen-bond acceptors (Lipinski definition) is 2. The lowest BCUT2D eigenvalue weighted by molar-refractivity contribution is 0.190. The van der Waals surface area contributed by atoms with Crippen LogP contribution in [-0.4, -0.2) is 5.11 Å². The van der Waals surface area contributed by atoms with Gasteiger partial charge >= 0.3 is 0 Å². The van der Waals surface area contributed by atoms with Crippen molar-refractivity contribution < 1.29 is 9.84 Å². The number of para-hydroxylation sites is 1. The molecule has 3 heteroatoms. The van der Waals surface area contributed by atoms with E-state index in [9.17, 15) is 5.11 Å². The predicted molar refractivity (Wildman–Crippen MR) is 75.5 cm³/mol. The lowest BCUT2D eigenvalue weighted by atomic mass is 10.1. The maximum absolute atomic E-state index is 9.66. The molecule has 0 spiro atoms. The molecule has 0 radical (unpaired) electrons. The van der Waals surface area contributed by atoms with Crippen LogP contribution in [0.3, 0.4) is 0 Å². The van der Waals surface area contributed by atoms with Gasteiger partial charge in [0.15, 0.2) is 0 Å². The van der Waals surface area contributed by atoms with Crippen molar-refractivity contribution in [2.24, 2.45) is 0 Å². The van der Waals surface area contributed by atoms with Gasteiger partial charge in [-0.3, -0.25) is 0 Å². The molecule has 0 aliphatic heterocycles. The summed E-state index contributed by atoms with van der Waals surface area (Å²) in [6, 6.07) is 15.5. The van der Waals surface area contributed by atoms with Crippen molar-refractivity contribution in [1.82, 2.24) is 0 Å². The third-order valence-electron chi connectivity index (χ3n) is 2.65. The van der Waals surface area contributed by atoms with Gasteiger partial charge in [0.05, 0.1) is 6.10 Å². The molecule has 2 rings (SSSR count). The van der Waals surface area contributed by atoms with E-state index in [1.165, 1.54) is 0 Å². The lowest BCUT2D eigenvalue weighted by Gasteiger charge is -2.13. The number of hydrogen-bond donors (Lipinski definition) is 1. The third-order valence-corrected chi connectivity index (χ3v) is 3.15. The van der Waals surface area contributed by atoms with Crippen LogP contribution in [0, 0.1) is 0 Å². The first-order valence-electron chi connectivity index (χ1n) is 5.81. The van der Waals surface area contributed by atoms with Gasteiger partial charge in [-0.25, -0.2) is 0 Å². The molecule has 0 saturated heterocycles. The number of benzene rings is 2. The van der Waals surface area contributed by atoms with Crippen molar-refractivity contribution in [1.29, 1.82) is 0 Å². The van der Waals surface area contributed by atoms with Crippen LogP contribution in [0.15, 0.2) is 53.0 Å². The lowest BCUT2D eigenvalue weighted by Crippen LogP contribution is -2.00. The highest BCUT2D eigenvalue weighted by molar-refractivity contribution is 9.10. The van der Waals surface area contributed by atoms with Gasteiger partial charge in [-0.15, -0.1) is 0 Å². The fourth-order valence-corrected chi connectivity index (χ4v) is 2.19. The molecule has 0 aromatic heterocycles. The molecular formula is C15H15BrO2. The highest BCUT2D eigenvalue weighted by atomic mass is 79.9. The Hall–Kier alpha value is -1.32. The van der Waals surface area contributed by atoms with Gasteiger partial charge in [0, 0.05) is 10.0 Å². The first-order valence-corrected chi connectivity index (χ1v) is 6.60. The summed E-state index contributed by atoms with van der Waals surface area (Å²) < 4.78 is 6.79. The van der Waals surface area contributed by atoms with E-state index < -0.39 is 6.10 Å². The van der Waals surface area contributed by atoms with Crippen molar-refractivity contribution in [3.8, 4) is 5.75 Å². The number of ether oxygens (including phenoxy) is 1. The van der Waals surface area contributed by atoms with Crippen LogP contribution in [-0.2, 0) is 6.61 Å². The van der Waals surface area contributed by atoms with Crippen LogP contribution < -0.4 is 4.74 Å². The van der Waals surface area contributed by atoms with Crippen molar-refractivity contribution in [3.63, 3.8) is 0 Å². The monoisotopic (exact) mass is 306 g/mol. The molecule has 0 fully saturated rings. The summed E-state index contributed by atoms with van der Waals surface area (Å²) in [5, 5.41) is 9.66. The summed E-state index contributed by atoms with van der Waals surface area (Å²) in [5.74, 6) is 0.729. The van der Waals surface area contributed by atoms with Crippen molar-refractivity contribution in [2.45, 2.75) is 19.6 Å². The Morgan fingerprint density at radius 1 is 1.17 bits per heavy atom. The Balaban J connectivity index is 2.11.